The first-order valence-electron chi connectivity index (χ1n) is 18.6. The van der Waals surface area contributed by atoms with Crippen molar-refractivity contribution < 1.29 is 4.74 Å². The quantitative estimate of drug-likeness (QED) is 0.172. The summed E-state index contributed by atoms with van der Waals surface area (Å²) >= 11 is -5.64. The van der Waals surface area contributed by atoms with E-state index in [1.54, 1.807) is 0 Å². The number of rotatable bonds is 3. The number of pyridine rings is 1. The molecule has 0 atom stereocenters. The summed E-state index contributed by atoms with van der Waals surface area (Å²) in [6.45, 7) is 0. The fraction of sp³-hybridized carbons (Fsp3) is 0. The Morgan fingerprint density at radius 2 is 0.870 bits per heavy atom. The van der Waals surface area contributed by atoms with Crippen molar-refractivity contribution in [3.8, 4) is 11.5 Å². The van der Waals surface area contributed by atoms with Crippen molar-refractivity contribution in [1.82, 2.24) is 4.98 Å². The second-order valence-corrected chi connectivity index (χ2v) is 25.4. The first-order chi connectivity index (χ1) is 26.8. The molecule has 250 valence electrons. The zero-order valence-electron chi connectivity index (χ0n) is 29.2. The van der Waals surface area contributed by atoms with Gasteiger partial charge in [-0.05, 0) is 0 Å². The van der Waals surface area contributed by atoms with Gasteiger partial charge in [-0.1, -0.05) is 0 Å². The molecule has 4 aliphatic rings. The van der Waals surface area contributed by atoms with Gasteiger partial charge in [0, 0.05) is 0 Å². The Bertz CT molecular complexity index is 2800. The number of fused-ring (bicyclic) bond motifs is 8. The number of hydrogen-bond donors (Lipinski definition) is 0. The van der Waals surface area contributed by atoms with Crippen LogP contribution in [-0.4, -0.2) is 37.4 Å². The van der Waals surface area contributed by atoms with Crippen LogP contribution in [0.3, 0.4) is 0 Å². The maximum atomic E-state index is 6.70. The van der Waals surface area contributed by atoms with Crippen LogP contribution < -0.4 is 44.3 Å². The second kappa shape index (κ2) is 11.8. The number of hydrogen-bond acceptors (Lipinski definition) is 5. The van der Waals surface area contributed by atoms with E-state index in [-0.39, 0.29) is 0 Å². The fourth-order valence-electron chi connectivity index (χ4n) is 9.34. The van der Waals surface area contributed by atoms with Gasteiger partial charge < -0.3 is 0 Å². The van der Waals surface area contributed by atoms with Gasteiger partial charge in [0.15, 0.2) is 0 Å². The van der Waals surface area contributed by atoms with E-state index < -0.39 is 32.4 Å². The molecule has 8 aromatic rings. The van der Waals surface area contributed by atoms with E-state index in [0.717, 1.165) is 28.7 Å². The molecule has 0 saturated heterocycles. The van der Waals surface area contributed by atoms with Crippen molar-refractivity contribution in [2.75, 3.05) is 14.7 Å². The summed E-state index contributed by atoms with van der Waals surface area (Å²) in [6.07, 6.45) is 0. The Kier molecular flexibility index (Phi) is 6.71. The van der Waals surface area contributed by atoms with Gasteiger partial charge in [0.1, 0.15) is 0 Å². The van der Waals surface area contributed by atoms with Crippen LogP contribution in [0.25, 0.3) is 0 Å². The third kappa shape index (κ3) is 4.29. The predicted octanol–water partition coefficient (Wildman–Crippen LogP) is 7.57. The molecule has 0 N–H and O–H groups in total. The van der Waals surface area contributed by atoms with E-state index in [0.29, 0.717) is 0 Å². The van der Waals surface area contributed by atoms with Gasteiger partial charge in [-0.15, -0.1) is 0 Å². The molecular weight excluding hydrogens is 776 g/mol. The molecule has 5 heterocycles. The van der Waals surface area contributed by atoms with E-state index >= 15 is 0 Å². The van der Waals surface area contributed by atoms with Gasteiger partial charge in [0.05, 0.1) is 0 Å². The van der Waals surface area contributed by atoms with Crippen LogP contribution in [0.1, 0.15) is 0 Å². The Hall–Kier alpha value is -5.84. The van der Waals surface area contributed by atoms with Crippen LogP contribution in [0.4, 0.5) is 51.3 Å². The van der Waals surface area contributed by atoms with E-state index in [1.807, 2.05) is 0 Å². The summed E-state index contributed by atoms with van der Waals surface area (Å²) < 4.78 is 15.0. The topological polar surface area (TPSA) is 31.8 Å². The van der Waals surface area contributed by atoms with Crippen molar-refractivity contribution in [1.29, 1.82) is 0 Å². The van der Waals surface area contributed by atoms with Crippen LogP contribution in [0.15, 0.2) is 182 Å². The van der Waals surface area contributed by atoms with E-state index in [4.69, 9.17) is 9.72 Å². The number of ether oxygens (including phenoxy) is 1. The van der Waals surface area contributed by atoms with Crippen LogP contribution in [0.5, 0.6) is 11.5 Å². The van der Waals surface area contributed by atoms with Crippen LogP contribution >= 0.6 is 0 Å². The molecule has 0 fully saturated rings. The van der Waals surface area contributed by atoms with Gasteiger partial charge in [0.25, 0.3) is 0 Å². The van der Waals surface area contributed by atoms with Crippen molar-refractivity contribution in [2.24, 2.45) is 0 Å². The summed E-state index contributed by atoms with van der Waals surface area (Å²) in [6, 6.07) is 66.5. The number of nitrogens with zero attached hydrogens (tertiary/aromatic N) is 4. The molecule has 7 heteroatoms. The third-order valence-corrected chi connectivity index (χ3v) is 25.2. The molecule has 54 heavy (non-hydrogen) atoms. The van der Waals surface area contributed by atoms with E-state index in [9.17, 15) is 0 Å². The standard InChI is InChI=1S/C47H30N4O.2Ga/c1-6-18-37(19-7-1)49(38-20-8-2-9-21-38)41-26-16-27-42(34-41)51(40-24-12-4-13-25-40)47-33-32-44(36-48-47)50(39-22-10-3-11-23-39)43-28-17-31-46(35-43)52-45-29-14-5-15-30-45;;/h1-20,22-29,31-32H;;. The molecule has 7 aromatic carbocycles. The van der Waals surface area contributed by atoms with Crippen molar-refractivity contribution in [3.63, 3.8) is 0 Å². The molecule has 1 aromatic heterocycles. The number of para-hydroxylation sites is 5. The SMILES string of the molecule is c1ccc(N2c3c[c]4c(n[c]3[Ga]3[c]5ccccc5Oc5cccc2[c]53)N(c2ccccc2)c2cccc3[c]2[Ga]4[c]2ccccc2N3c2ccccc2)cc1. The van der Waals surface area contributed by atoms with Crippen LogP contribution in [-0.2, 0) is 0 Å². The predicted molar refractivity (Wildman–Crippen MR) is 224 cm³/mol. The zero-order chi connectivity index (χ0) is 35.3. The average Bonchev–Trinajstić information content (AvgIpc) is 3.24. The molecule has 5 nitrogen and oxygen atoms in total. The summed E-state index contributed by atoms with van der Waals surface area (Å²) in [5.41, 5.74) is 9.67. The first kappa shape index (κ1) is 30.6. The molecule has 4 aliphatic heterocycles. The van der Waals surface area contributed by atoms with Gasteiger partial charge in [-0.2, -0.15) is 0 Å². The molecule has 0 unspecified atom stereocenters. The molecule has 0 amide bonds. The zero-order valence-corrected chi connectivity index (χ0v) is 34.0. The minimum atomic E-state index is -2.83. The number of benzene rings is 7. The molecule has 0 spiro atoms. The van der Waals surface area contributed by atoms with Gasteiger partial charge in [-0.3, -0.25) is 0 Å². The van der Waals surface area contributed by atoms with Crippen molar-refractivity contribution in [3.05, 3.63) is 182 Å². The molecular formula is C47H30Ga2N4O. The second-order valence-electron chi connectivity index (χ2n) is 14.3. The minimum absolute atomic E-state index is 0.970. The van der Waals surface area contributed by atoms with Crippen LogP contribution in [0.2, 0.25) is 0 Å². The molecule has 12 rings (SSSR count). The van der Waals surface area contributed by atoms with Crippen LogP contribution in [0, 0.1) is 0 Å². The number of aromatic nitrogens is 1. The monoisotopic (exact) mass is 804 g/mol. The Labute approximate surface area is 324 Å². The summed E-state index contributed by atoms with van der Waals surface area (Å²) in [5.74, 6) is 3.03. The molecule has 0 aliphatic carbocycles. The van der Waals surface area contributed by atoms with Gasteiger partial charge in [0.2, 0.25) is 0 Å². The van der Waals surface area contributed by atoms with Crippen molar-refractivity contribution in [2.45, 2.75) is 0 Å². The third-order valence-electron chi connectivity index (χ3n) is 11.5. The normalized spacial score (nSPS) is 13.9. The Morgan fingerprint density at radius 3 is 1.57 bits per heavy atom. The Morgan fingerprint density at radius 1 is 0.370 bits per heavy atom. The average molecular weight is 806 g/mol. The summed E-state index contributed by atoms with van der Waals surface area (Å²) in [7, 11) is 0. The summed E-state index contributed by atoms with van der Waals surface area (Å²) in [5, 5.41) is 0. The van der Waals surface area contributed by atoms with Gasteiger partial charge in [-0.25, -0.2) is 0 Å². The van der Waals surface area contributed by atoms with E-state index in [1.165, 1.54) is 59.0 Å². The molecule has 0 saturated carbocycles. The van der Waals surface area contributed by atoms with Crippen molar-refractivity contribution >= 4 is 109 Å². The van der Waals surface area contributed by atoms with E-state index in [2.05, 4.69) is 197 Å². The fourth-order valence-corrected chi connectivity index (χ4v) is 23.9. The summed E-state index contributed by atoms with van der Waals surface area (Å²) in [4.78, 5) is 13.5. The maximum absolute atomic E-state index is 6.70. The first-order valence-corrected chi connectivity index (χ1v) is 25.8. The Balaban J connectivity index is 1.20. The van der Waals surface area contributed by atoms with Gasteiger partial charge >= 0.3 is 327 Å². The molecule has 0 radical (unpaired) electrons. The molecule has 0 bridgehead atoms. The number of anilines is 9.